The molecule has 3 rings (SSSR count). The van der Waals surface area contributed by atoms with Crippen LogP contribution in [0.3, 0.4) is 0 Å². The normalized spacial score (nSPS) is 18.2. The zero-order valence-electron chi connectivity index (χ0n) is 13.7. The molecule has 0 N–H and O–H groups in total. The molecule has 0 saturated carbocycles. The third-order valence-corrected chi connectivity index (χ3v) is 4.17. The highest BCUT2D eigenvalue weighted by Crippen LogP contribution is 2.30. The van der Waals surface area contributed by atoms with Crippen LogP contribution in [-0.2, 0) is 32.1 Å². The molecule has 0 radical (unpaired) electrons. The summed E-state index contributed by atoms with van der Waals surface area (Å²) in [5, 5.41) is 3.92. The van der Waals surface area contributed by atoms with E-state index in [0.717, 1.165) is 19.2 Å². The SMILES string of the molecule is CCc1nc(CN(C)C[C@H]2CCc3nc(C(F)(F)F)cn3C2)no1. The summed E-state index contributed by atoms with van der Waals surface area (Å²) in [4.78, 5) is 10.0. The van der Waals surface area contributed by atoms with Crippen LogP contribution in [0.25, 0.3) is 0 Å². The number of aryl methyl sites for hydroxylation is 2. The standard InChI is InChI=1S/C15H20F3N5O/c1-3-14-20-12(21-24-14)9-22(2)6-10-4-5-13-19-11(15(16,17)18)8-23(13)7-10/h8,10H,3-7,9H2,1-2H3/t10-/m1/s1. The van der Waals surface area contributed by atoms with Crippen molar-refractivity contribution >= 4 is 0 Å². The Labute approximate surface area is 137 Å². The number of nitrogens with zero attached hydrogens (tertiary/aromatic N) is 5. The van der Waals surface area contributed by atoms with Crippen LogP contribution >= 0.6 is 0 Å². The molecule has 0 amide bonds. The van der Waals surface area contributed by atoms with Crippen molar-refractivity contribution < 1.29 is 17.7 Å². The monoisotopic (exact) mass is 343 g/mol. The lowest BCUT2D eigenvalue weighted by Gasteiger charge is -2.27. The Morgan fingerprint density at radius 2 is 2.17 bits per heavy atom. The van der Waals surface area contributed by atoms with Gasteiger partial charge in [-0.25, -0.2) is 4.98 Å². The molecule has 1 aliphatic heterocycles. The van der Waals surface area contributed by atoms with Crippen LogP contribution in [0, 0.1) is 5.92 Å². The fourth-order valence-electron chi connectivity index (χ4n) is 3.04. The van der Waals surface area contributed by atoms with Crippen LogP contribution in [0.4, 0.5) is 13.2 Å². The van der Waals surface area contributed by atoms with Gasteiger partial charge in [-0.3, -0.25) is 4.90 Å². The second-order valence-electron chi connectivity index (χ2n) is 6.25. The van der Waals surface area contributed by atoms with Gasteiger partial charge in [-0.2, -0.15) is 18.2 Å². The molecule has 6 nitrogen and oxygen atoms in total. The molecule has 132 valence electrons. The fourth-order valence-corrected chi connectivity index (χ4v) is 3.04. The van der Waals surface area contributed by atoms with Gasteiger partial charge < -0.3 is 9.09 Å². The predicted octanol–water partition coefficient (Wildman–Crippen LogP) is 2.54. The number of halogens is 3. The molecule has 0 aromatic carbocycles. The lowest BCUT2D eigenvalue weighted by molar-refractivity contribution is -0.141. The quantitative estimate of drug-likeness (QED) is 0.835. The van der Waals surface area contributed by atoms with Crippen molar-refractivity contribution in [1.29, 1.82) is 0 Å². The molecule has 0 unspecified atom stereocenters. The van der Waals surface area contributed by atoms with E-state index in [9.17, 15) is 13.2 Å². The van der Waals surface area contributed by atoms with Gasteiger partial charge in [-0.1, -0.05) is 12.1 Å². The highest BCUT2D eigenvalue weighted by atomic mass is 19.4. The van der Waals surface area contributed by atoms with Gasteiger partial charge in [0.25, 0.3) is 0 Å². The van der Waals surface area contributed by atoms with E-state index in [4.69, 9.17) is 4.52 Å². The van der Waals surface area contributed by atoms with Gasteiger partial charge >= 0.3 is 6.18 Å². The number of alkyl halides is 3. The predicted molar refractivity (Wildman–Crippen MR) is 79.1 cm³/mol. The molecular weight excluding hydrogens is 323 g/mol. The third kappa shape index (κ3) is 3.77. The van der Waals surface area contributed by atoms with Crippen LogP contribution < -0.4 is 0 Å². The Bertz CT molecular complexity index is 694. The molecular formula is C15H20F3N5O. The summed E-state index contributed by atoms with van der Waals surface area (Å²) in [7, 11) is 1.95. The summed E-state index contributed by atoms with van der Waals surface area (Å²) in [6, 6.07) is 0. The first-order valence-corrected chi connectivity index (χ1v) is 7.98. The Hall–Kier alpha value is -1.90. The van der Waals surface area contributed by atoms with Crippen LogP contribution in [-0.4, -0.2) is 38.2 Å². The van der Waals surface area contributed by atoms with Gasteiger partial charge in [0.2, 0.25) is 5.89 Å². The molecule has 0 aliphatic carbocycles. The van der Waals surface area contributed by atoms with E-state index < -0.39 is 11.9 Å². The van der Waals surface area contributed by atoms with Gasteiger partial charge in [0, 0.05) is 32.1 Å². The molecule has 1 atom stereocenters. The number of imidazole rings is 1. The Kier molecular flexibility index (Phi) is 4.62. The molecule has 1 aliphatic rings. The maximum absolute atomic E-state index is 12.7. The molecule has 3 heterocycles. The van der Waals surface area contributed by atoms with Crippen LogP contribution in [0.2, 0.25) is 0 Å². The summed E-state index contributed by atoms with van der Waals surface area (Å²) in [5.74, 6) is 2.04. The van der Waals surface area contributed by atoms with E-state index in [1.165, 1.54) is 0 Å². The van der Waals surface area contributed by atoms with E-state index in [1.54, 1.807) is 4.57 Å². The molecule has 2 aromatic rings. The molecule has 24 heavy (non-hydrogen) atoms. The van der Waals surface area contributed by atoms with E-state index in [-0.39, 0.29) is 5.92 Å². The summed E-state index contributed by atoms with van der Waals surface area (Å²) in [6.07, 6.45) is -1.17. The Morgan fingerprint density at radius 1 is 1.38 bits per heavy atom. The minimum atomic E-state index is -4.38. The number of hydrogen-bond donors (Lipinski definition) is 0. The van der Waals surface area contributed by atoms with Crippen molar-refractivity contribution in [2.75, 3.05) is 13.6 Å². The molecule has 0 spiro atoms. The number of aromatic nitrogens is 4. The first-order chi connectivity index (χ1) is 11.3. The van der Waals surface area contributed by atoms with E-state index in [0.29, 0.717) is 43.5 Å². The molecule has 0 fully saturated rings. The van der Waals surface area contributed by atoms with Gasteiger partial charge in [-0.15, -0.1) is 0 Å². The van der Waals surface area contributed by atoms with Crippen molar-refractivity contribution in [2.45, 2.75) is 45.5 Å². The smallest absolute Gasteiger partial charge is 0.339 e. The highest BCUT2D eigenvalue weighted by molar-refractivity contribution is 5.10. The Balaban J connectivity index is 1.58. The summed E-state index contributed by atoms with van der Waals surface area (Å²) in [6.45, 7) is 3.82. The minimum absolute atomic E-state index is 0.273. The van der Waals surface area contributed by atoms with Crippen LogP contribution in [0.5, 0.6) is 0 Å². The lowest BCUT2D eigenvalue weighted by Crippen LogP contribution is -2.31. The molecule has 9 heteroatoms. The highest BCUT2D eigenvalue weighted by Gasteiger charge is 2.35. The van der Waals surface area contributed by atoms with Crippen molar-refractivity contribution in [1.82, 2.24) is 24.6 Å². The van der Waals surface area contributed by atoms with Crippen molar-refractivity contribution in [2.24, 2.45) is 5.92 Å². The zero-order valence-corrected chi connectivity index (χ0v) is 13.7. The van der Waals surface area contributed by atoms with Crippen molar-refractivity contribution in [3.05, 3.63) is 29.4 Å². The minimum Gasteiger partial charge on any atom is -0.339 e. The summed E-state index contributed by atoms with van der Waals surface area (Å²) >= 11 is 0. The van der Waals surface area contributed by atoms with Crippen LogP contribution in [0.15, 0.2) is 10.7 Å². The lowest BCUT2D eigenvalue weighted by atomic mass is 9.99. The van der Waals surface area contributed by atoms with Crippen molar-refractivity contribution in [3.8, 4) is 0 Å². The van der Waals surface area contributed by atoms with E-state index >= 15 is 0 Å². The maximum Gasteiger partial charge on any atom is 0.434 e. The van der Waals surface area contributed by atoms with Crippen molar-refractivity contribution in [3.63, 3.8) is 0 Å². The van der Waals surface area contributed by atoms with Gasteiger partial charge in [0.1, 0.15) is 5.82 Å². The van der Waals surface area contributed by atoms with Gasteiger partial charge in [-0.05, 0) is 19.4 Å². The third-order valence-electron chi connectivity index (χ3n) is 4.17. The van der Waals surface area contributed by atoms with E-state index in [1.807, 2.05) is 14.0 Å². The number of hydrogen-bond acceptors (Lipinski definition) is 5. The van der Waals surface area contributed by atoms with E-state index in [2.05, 4.69) is 20.0 Å². The van der Waals surface area contributed by atoms with Gasteiger partial charge in [0.05, 0.1) is 6.54 Å². The number of fused-ring (bicyclic) bond motifs is 1. The fraction of sp³-hybridized carbons (Fsp3) is 0.667. The summed E-state index contributed by atoms with van der Waals surface area (Å²) < 4.78 is 45.0. The second-order valence-corrected chi connectivity index (χ2v) is 6.25. The first-order valence-electron chi connectivity index (χ1n) is 7.98. The van der Waals surface area contributed by atoms with Crippen LogP contribution in [0.1, 0.15) is 36.6 Å². The molecule has 2 aromatic heterocycles. The first kappa shape index (κ1) is 16.9. The molecule has 0 bridgehead atoms. The molecule has 0 saturated heterocycles. The maximum atomic E-state index is 12.7. The average Bonchev–Trinajstić information content (AvgIpc) is 3.12. The van der Waals surface area contributed by atoms with Gasteiger partial charge in [0.15, 0.2) is 11.5 Å². The number of rotatable bonds is 5. The topological polar surface area (TPSA) is 60.0 Å². The average molecular weight is 343 g/mol. The summed E-state index contributed by atoms with van der Waals surface area (Å²) in [5.41, 5.74) is -0.801. The Morgan fingerprint density at radius 3 is 2.83 bits per heavy atom. The zero-order chi connectivity index (χ0) is 17.3. The largest absolute Gasteiger partial charge is 0.434 e. The second kappa shape index (κ2) is 6.54.